The molecule has 10 heteroatoms. The Bertz CT molecular complexity index is 1540. The fraction of sp³-hybridized carbons (Fsp3) is 0.439. The third-order valence-electron chi connectivity index (χ3n) is 8.57. The lowest BCUT2D eigenvalue weighted by Gasteiger charge is -2.24. The number of hydrogen-bond donors (Lipinski definition) is 3. The summed E-state index contributed by atoms with van der Waals surface area (Å²) in [7, 11) is 1.53. The lowest BCUT2D eigenvalue weighted by atomic mass is 9.96. The topological polar surface area (TPSA) is 114 Å². The van der Waals surface area contributed by atoms with E-state index >= 15 is 0 Å². The summed E-state index contributed by atoms with van der Waals surface area (Å²) in [6.07, 6.45) is 6.18. The van der Waals surface area contributed by atoms with Crippen molar-refractivity contribution in [1.82, 2.24) is 10.6 Å². The van der Waals surface area contributed by atoms with Crippen molar-refractivity contribution < 1.29 is 29.0 Å². The van der Waals surface area contributed by atoms with Gasteiger partial charge in [-0.15, -0.1) is 11.6 Å². The van der Waals surface area contributed by atoms with Gasteiger partial charge in [-0.1, -0.05) is 105 Å². The maximum Gasteiger partial charge on any atom is 0.332 e. The minimum Gasteiger partial charge on any atom is -0.495 e. The first-order valence-corrected chi connectivity index (χ1v) is 18.4. The number of methoxy groups -OCH3 is 1. The first-order valence-electron chi connectivity index (χ1n) is 17.6. The summed E-state index contributed by atoms with van der Waals surface area (Å²) in [5.41, 5.74) is 2.84. The first kappa shape index (κ1) is 41.6. The van der Waals surface area contributed by atoms with Crippen LogP contribution in [0.5, 0.6) is 5.75 Å². The zero-order valence-corrected chi connectivity index (χ0v) is 31.5. The van der Waals surface area contributed by atoms with Crippen LogP contribution in [0.2, 0.25) is 5.02 Å². The number of alkyl halides is 1. The van der Waals surface area contributed by atoms with E-state index in [9.17, 15) is 19.5 Å². The molecule has 0 radical (unpaired) electrons. The summed E-state index contributed by atoms with van der Waals surface area (Å²) in [6.45, 7) is 6.18. The van der Waals surface area contributed by atoms with Crippen LogP contribution in [-0.4, -0.2) is 54.8 Å². The van der Waals surface area contributed by atoms with Crippen molar-refractivity contribution in [2.45, 2.75) is 89.3 Å². The Balaban J connectivity index is 1.69. The van der Waals surface area contributed by atoms with Crippen LogP contribution >= 0.6 is 23.2 Å². The van der Waals surface area contributed by atoms with Gasteiger partial charge in [0.15, 0.2) is 6.10 Å². The minimum absolute atomic E-state index is 0.0740. The molecule has 3 aromatic rings. The second-order valence-corrected chi connectivity index (χ2v) is 14.4. The van der Waals surface area contributed by atoms with Crippen molar-refractivity contribution >= 4 is 41.0 Å². The van der Waals surface area contributed by atoms with Crippen molar-refractivity contribution in [3.8, 4) is 5.75 Å². The Morgan fingerprint density at radius 2 is 1.55 bits per heavy atom. The molecule has 276 valence electrons. The highest BCUT2D eigenvalue weighted by Crippen LogP contribution is 2.29. The smallest absolute Gasteiger partial charge is 0.332 e. The number of aliphatic carboxylic acids is 1. The number of amides is 2. The molecule has 3 N–H and O–H groups in total. The molecular formula is C41H52Cl2N2O6. The van der Waals surface area contributed by atoms with E-state index in [2.05, 4.69) is 17.6 Å². The molecule has 0 saturated heterocycles. The number of carbonyl (C=O) groups excluding carboxylic acids is 2. The Hall–Kier alpha value is -3.85. The maximum atomic E-state index is 13.9. The lowest BCUT2D eigenvalue weighted by molar-refractivity contribution is -0.151. The molecule has 0 heterocycles. The molecule has 2 amide bonds. The molecular weight excluding hydrogens is 687 g/mol. The van der Waals surface area contributed by atoms with Crippen LogP contribution in [-0.2, 0) is 32.0 Å². The highest BCUT2D eigenvalue weighted by Gasteiger charge is 2.25. The van der Waals surface area contributed by atoms with Crippen LogP contribution in [0.3, 0.4) is 0 Å². The molecule has 0 saturated carbocycles. The zero-order chi connectivity index (χ0) is 37.2. The summed E-state index contributed by atoms with van der Waals surface area (Å²) >= 11 is 13.0. The van der Waals surface area contributed by atoms with Crippen molar-refractivity contribution in [1.29, 1.82) is 0 Å². The lowest BCUT2D eigenvalue weighted by Crippen LogP contribution is -2.51. The summed E-state index contributed by atoms with van der Waals surface area (Å²) in [6, 6.07) is 23.7. The SMILES string of the molecule is COc1ccc(CC(NC(=O)/C=C/CCC(C)CC(Cl)c2ccccc2)C(=O)NC(CCOC(CC(C)C)C(=O)O)Cc2ccccc2)cc1Cl. The molecule has 0 bridgehead atoms. The molecule has 0 aromatic heterocycles. The van der Waals surface area contributed by atoms with E-state index in [0.29, 0.717) is 42.4 Å². The number of rotatable bonds is 22. The molecule has 0 aliphatic heterocycles. The molecule has 5 atom stereocenters. The van der Waals surface area contributed by atoms with Gasteiger partial charge in [0.2, 0.25) is 11.8 Å². The molecule has 51 heavy (non-hydrogen) atoms. The minimum atomic E-state index is -1.01. The molecule has 5 unspecified atom stereocenters. The quantitative estimate of drug-likeness (QED) is 0.0706. The third kappa shape index (κ3) is 15.5. The van der Waals surface area contributed by atoms with Crippen LogP contribution < -0.4 is 15.4 Å². The Morgan fingerprint density at radius 3 is 2.18 bits per heavy atom. The zero-order valence-electron chi connectivity index (χ0n) is 30.0. The Morgan fingerprint density at radius 1 is 0.863 bits per heavy atom. The molecule has 0 spiro atoms. The van der Waals surface area contributed by atoms with Gasteiger partial charge in [0.05, 0.1) is 17.5 Å². The summed E-state index contributed by atoms with van der Waals surface area (Å²) in [5.74, 6) is -0.762. The fourth-order valence-corrected chi connectivity index (χ4v) is 6.52. The van der Waals surface area contributed by atoms with Gasteiger partial charge < -0.3 is 25.2 Å². The molecule has 8 nitrogen and oxygen atoms in total. The monoisotopic (exact) mass is 738 g/mol. The van der Waals surface area contributed by atoms with Crippen molar-refractivity contribution in [3.63, 3.8) is 0 Å². The van der Waals surface area contributed by atoms with Gasteiger partial charge in [0.1, 0.15) is 11.8 Å². The average molecular weight is 740 g/mol. The van der Waals surface area contributed by atoms with E-state index in [1.807, 2.05) is 86.7 Å². The Kier molecular flexibility index (Phi) is 18.1. The maximum absolute atomic E-state index is 13.9. The predicted octanol–water partition coefficient (Wildman–Crippen LogP) is 8.35. The normalized spacial score (nSPS) is 14.4. The number of nitrogens with one attached hydrogen (secondary N) is 2. The highest BCUT2D eigenvalue weighted by atomic mass is 35.5. The summed E-state index contributed by atoms with van der Waals surface area (Å²) in [5, 5.41) is 16.0. The first-order chi connectivity index (χ1) is 24.4. The van der Waals surface area contributed by atoms with Gasteiger partial charge in [0, 0.05) is 19.1 Å². The number of benzene rings is 3. The van der Waals surface area contributed by atoms with Gasteiger partial charge in [0.25, 0.3) is 0 Å². The van der Waals surface area contributed by atoms with E-state index < -0.39 is 18.1 Å². The second kappa shape index (κ2) is 22.2. The van der Waals surface area contributed by atoms with Crippen LogP contribution in [0.25, 0.3) is 0 Å². The number of ether oxygens (including phenoxy) is 2. The van der Waals surface area contributed by atoms with E-state index in [4.69, 9.17) is 32.7 Å². The molecule has 3 rings (SSSR count). The summed E-state index contributed by atoms with van der Waals surface area (Å²) in [4.78, 5) is 38.9. The highest BCUT2D eigenvalue weighted by molar-refractivity contribution is 6.32. The van der Waals surface area contributed by atoms with Crippen LogP contribution in [0.4, 0.5) is 0 Å². The van der Waals surface area contributed by atoms with Crippen LogP contribution in [0, 0.1) is 11.8 Å². The van der Waals surface area contributed by atoms with E-state index in [1.165, 1.54) is 13.2 Å². The van der Waals surface area contributed by atoms with Gasteiger partial charge >= 0.3 is 5.97 Å². The summed E-state index contributed by atoms with van der Waals surface area (Å²) < 4.78 is 11.1. The third-order valence-corrected chi connectivity index (χ3v) is 9.30. The second-order valence-electron chi connectivity index (χ2n) is 13.4. The molecule has 0 aliphatic rings. The molecule has 0 aliphatic carbocycles. The van der Waals surface area contributed by atoms with Crippen molar-refractivity contribution in [2.24, 2.45) is 11.8 Å². The van der Waals surface area contributed by atoms with Crippen LogP contribution in [0.15, 0.2) is 91.0 Å². The number of carboxylic acids is 1. The van der Waals surface area contributed by atoms with Gasteiger partial charge in [-0.3, -0.25) is 9.59 Å². The van der Waals surface area contributed by atoms with E-state index in [-0.39, 0.29) is 42.2 Å². The Labute approximate surface area is 312 Å². The molecule has 3 aromatic carbocycles. The number of halogens is 2. The van der Waals surface area contributed by atoms with Crippen molar-refractivity contribution in [3.05, 3.63) is 113 Å². The van der Waals surface area contributed by atoms with E-state index in [1.54, 1.807) is 12.1 Å². The standard InChI is InChI=1S/C41H52Cl2N2O6/c1-28(2)23-38(41(48)49)51-22-21-33(25-30-14-7-5-8-15-30)44-40(47)36(27-31-19-20-37(50-4)35(43)26-31)45-39(46)18-12-11-13-29(3)24-34(42)32-16-9-6-10-17-32/h5-10,12,14-20,26,28-29,33-34,36,38H,11,13,21-25,27H2,1-4H3,(H,44,47)(H,45,46)(H,48,49)/b18-12+. The number of hydrogen-bond acceptors (Lipinski definition) is 5. The number of carbonyl (C=O) groups is 3. The van der Waals surface area contributed by atoms with Gasteiger partial charge in [-0.25, -0.2) is 4.79 Å². The molecule has 0 fully saturated rings. The number of allylic oxidation sites excluding steroid dienone is 1. The predicted molar refractivity (Wildman–Crippen MR) is 204 cm³/mol. The van der Waals surface area contributed by atoms with Crippen molar-refractivity contribution in [2.75, 3.05) is 13.7 Å². The fourth-order valence-electron chi connectivity index (χ4n) is 5.79. The van der Waals surface area contributed by atoms with Gasteiger partial charge in [-0.2, -0.15) is 0 Å². The number of carboxylic acid groups (broad SMARTS) is 1. The van der Waals surface area contributed by atoms with Crippen LogP contribution in [0.1, 0.15) is 74.9 Å². The van der Waals surface area contributed by atoms with E-state index in [0.717, 1.165) is 29.5 Å². The largest absolute Gasteiger partial charge is 0.495 e. The average Bonchev–Trinajstić information content (AvgIpc) is 3.10. The van der Waals surface area contributed by atoms with Gasteiger partial charge in [-0.05, 0) is 85.3 Å².